The van der Waals surface area contributed by atoms with Crippen LogP contribution >= 0.6 is 11.3 Å². The van der Waals surface area contributed by atoms with Crippen LogP contribution in [0.3, 0.4) is 0 Å². The van der Waals surface area contributed by atoms with Crippen molar-refractivity contribution in [2.75, 3.05) is 24.2 Å². The first-order valence-electron chi connectivity index (χ1n) is 8.34. The van der Waals surface area contributed by atoms with Crippen molar-refractivity contribution in [3.05, 3.63) is 40.8 Å². The number of amides is 2. The normalized spacial score (nSPS) is 11.1. The number of nitrogens with one attached hydrogen (secondary N) is 2. The Bertz CT molecular complexity index is 1020. The lowest BCUT2D eigenvalue weighted by Gasteiger charge is -2.17. The predicted molar refractivity (Wildman–Crippen MR) is 108 cm³/mol. The van der Waals surface area contributed by atoms with E-state index in [4.69, 9.17) is 5.26 Å². The lowest BCUT2D eigenvalue weighted by atomic mass is 10.3. The summed E-state index contributed by atoms with van der Waals surface area (Å²) in [6, 6.07) is 9.38. The van der Waals surface area contributed by atoms with Gasteiger partial charge in [-0.05, 0) is 36.8 Å². The zero-order valence-electron chi connectivity index (χ0n) is 15.6. The number of thiophene rings is 1. The zero-order valence-corrected chi connectivity index (χ0v) is 17.3. The second kappa shape index (κ2) is 8.97. The summed E-state index contributed by atoms with van der Waals surface area (Å²) in [5.41, 5.74) is 0.828. The van der Waals surface area contributed by atoms with Gasteiger partial charge in [0.15, 0.2) is 0 Å². The first-order chi connectivity index (χ1) is 13.2. The van der Waals surface area contributed by atoms with E-state index in [0.29, 0.717) is 16.3 Å². The van der Waals surface area contributed by atoms with Gasteiger partial charge in [-0.2, -0.15) is 9.57 Å². The third-order valence-electron chi connectivity index (χ3n) is 3.75. The van der Waals surface area contributed by atoms with Crippen LogP contribution in [-0.4, -0.2) is 38.1 Å². The molecule has 0 saturated carbocycles. The van der Waals surface area contributed by atoms with Crippen molar-refractivity contribution in [2.24, 2.45) is 0 Å². The van der Waals surface area contributed by atoms with Gasteiger partial charge in [-0.15, -0.1) is 11.3 Å². The third kappa shape index (κ3) is 5.16. The Balaban J connectivity index is 2.09. The van der Waals surface area contributed by atoms with Gasteiger partial charge in [-0.25, -0.2) is 8.42 Å². The average Bonchev–Trinajstić information content (AvgIpc) is 3.03. The molecule has 10 heteroatoms. The van der Waals surface area contributed by atoms with Crippen LogP contribution in [0.5, 0.6) is 0 Å². The smallest absolute Gasteiger partial charge is 0.243 e. The molecule has 0 fully saturated rings. The van der Waals surface area contributed by atoms with Gasteiger partial charge >= 0.3 is 0 Å². The maximum absolute atomic E-state index is 12.6. The van der Waals surface area contributed by atoms with E-state index in [1.807, 2.05) is 13.0 Å². The van der Waals surface area contributed by atoms with Crippen molar-refractivity contribution in [1.82, 2.24) is 4.31 Å². The molecule has 1 aromatic carbocycles. The van der Waals surface area contributed by atoms with Crippen molar-refractivity contribution in [3.8, 4) is 6.07 Å². The van der Waals surface area contributed by atoms with Crippen LogP contribution in [0.2, 0.25) is 0 Å². The Morgan fingerprint density at radius 2 is 1.86 bits per heavy atom. The summed E-state index contributed by atoms with van der Waals surface area (Å²) in [6.45, 7) is 2.89. The lowest BCUT2D eigenvalue weighted by Crippen LogP contribution is -2.34. The van der Waals surface area contributed by atoms with Crippen molar-refractivity contribution < 1.29 is 18.0 Å². The number of carbonyl (C=O) groups is 2. The van der Waals surface area contributed by atoms with Crippen LogP contribution in [-0.2, 0) is 26.0 Å². The van der Waals surface area contributed by atoms with Crippen molar-refractivity contribution in [2.45, 2.75) is 25.2 Å². The minimum absolute atomic E-state index is 0.000918. The van der Waals surface area contributed by atoms with E-state index < -0.39 is 22.5 Å². The van der Waals surface area contributed by atoms with Crippen molar-refractivity contribution >= 4 is 43.9 Å². The first-order valence-corrected chi connectivity index (χ1v) is 10.6. The number of likely N-dealkylation sites (N-methyl/N-ethyl adjacent to an activating group) is 1. The zero-order chi connectivity index (χ0) is 20.9. The number of aryl methyl sites for hydroxylation is 1. The van der Waals surface area contributed by atoms with E-state index >= 15 is 0 Å². The van der Waals surface area contributed by atoms with Crippen LogP contribution in [0.1, 0.15) is 24.3 Å². The van der Waals surface area contributed by atoms with E-state index in [9.17, 15) is 18.0 Å². The summed E-state index contributed by atoms with van der Waals surface area (Å²) in [4.78, 5) is 24.3. The Kier molecular flexibility index (Phi) is 6.90. The summed E-state index contributed by atoms with van der Waals surface area (Å²) in [7, 11) is -2.59. The van der Waals surface area contributed by atoms with Crippen molar-refractivity contribution in [3.63, 3.8) is 0 Å². The molecule has 0 saturated heterocycles. The highest BCUT2D eigenvalue weighted by atomic mass is 32.2. The second-order valence-corrected chi connectivity index (χ2v) is 9.12. The second-order valence-electron chi connectivity index (χ2n) is 5.94. The van der Waals surface area contributed by atoms with E-state index in [0.717, 1.165) is 15.6 Å². The molecule has 148 valence electrons. The topological polar surface area (TPSA) is 119 Å². The highest BCUT2D eigenvalue weighted by Crippen LogP contribution is 2.28. The summed E-state index contributed by atoms with van der Waals surface area (Å²) in [5.74, 6) is -0.803. The number of hydrogen-bond donors (Lipinski definition) is 2. The summed E-state index contributed by atoms with van der Waals surface area (Å²) < 4.78 is 26.2. The van der Waals surface area contributed by atoms with Gasteiger partial charge in [0.05, 0.1) is 17.0 Å². The Morgan fingerprint density at radius 1 is 1.21 bits per heavy atom. The van der Waals surface area contributed by atoms with Crippen LogP contribution in [0, 0.1) is 11.3 Å². The van der Waals surface area contributed by atoms with Crippen LogP contribution < -0.4 is 10.6 Å². The molecule has 0 aliphatic carbocycles. The maximum Gasteiger partial charge on any atom is 0.243 e. The Labute approximate surface area is 167 Å². The number of benzene rings is 1. The quantitative estimate of drug-likeness (QED) is 0.713. The molecule has 1 aromatic heterocycles. The van der Waals surface area contributed by atoms with E-state index in [2.05, 4.69) is 10.6 Å². The van der Waals surface area contributed by atoms with Crippen LogP contribution in [0.4, 0.5) is 10.7 Å². The van der Waals surface area contributed by atoms with E-state index in [1.165, 1.54) is 49.6 Å². The van der Waals surface area contributed by atoms with Gasteiger partial charge in [-0.1, -0.05) is 6.92 Å². The largest absolute Gasteiger partial charge is 0.326 e. The Hall–Kier alpha value is -2.74. The van der Waals surface area contributed by atoms with Gasteiger partial charge in [0, 0.05) is 24.5 Å². The molecule has 2 amide bonds. The van der Waals surface area contributed by atoms with Gasteiger partial charge in [-0.3, -0.25) is 9.59 Å². The molecule has 0 radical (unpaired) electrons. The first kappa shape index (κ1) is 21.6. The Morgan fingerprint density at radius 3 is 2.39 bits per heavy atom. The molecular weight excluding hydrogens is 400 g/mol. The summed E-state index contributed by atoms with van der Waals surface area (Å²) in [6.07, 6.45) is 0.734. The van der Waals surface area contributed by atoms with Gasteiger partial charge in [0.2, 0.25) is 21.8 Å². The molecule has 0 spiro atoms. The molecule has 0 atom stereocenters. The average molecular weight is 421 g/mol. The number of sulfonamides is 1. The SMILES string of the molecule is CCc1cc(C#N)c(NC(=O)CN(C)S(=O)(=O)c2ccc(NC(C)=O)cc2)s1. The maximum atomic E-state index is 12.6. The van der Waals surface area contributed by atoms with Gasteiger partial charge in [0.25, 0.3) is 0 Å². The molecule has 0 aliphatic heterocycles. The number of anilines is 2. The molecule has 8 nitrogen and oxygen atoms in total. The molecular formula is C18H20N4O4S2. The number of rotatable bonds is 7. The highest BCUT2D eigenvalue weighted by molar-refractivity contribution is 7.89. The summed E-state index contributed by atoms with van der Waals surface area (Å²) in [5, 5.41) is 14.7. The van der Waals surface area contributed by atoms with E-state index in [-0.39, 0.29) is 10.8 Å². The lowest BCUT2D eigenvalue weighted by molar-refractivity contribution is -0.116. The van der Waals surface area contributed by atoms with E-state index in [1.54, 1.807) is 6.07 Å². The predicted octanol–water partition coefficient (Wildman–Crippen LogP) is 2.40. The van der Waals surface area contributed by atoms with Crippen LogP contribution in [0.25, 0.3) is 0 Å². The molecule has 0 bridgehead atoms. The standard InChI is InChI=1S/C18H20N4O4S2/c1-4-15-9-13(10-19)18(27-15)21-17(24)11-22(3)28(25,26)16-7-5-14(6-8-16)20-12(2)23/h5-9H,4,11H2,1-3H3,(H,20,23)(H,21,24). The number of carbonyl (C=O) groups excluding carboxylic acids is 2. The molecule has 2 N–H and O–H groups in total. The summed E-state index contributed by atoms with van der Waals surface area (Å²) >= 11 is 1.29. The minimum atomic E-state index is -3.89. The molecule has 1 heterocycles. The molecule has 0 unspecified atom stereocenters. The fourth-order valence-corrected chi connectivity index (χ4v) is 4.43. The highest BCUT2D eigenvalue weighted by Gasteiger charge is 2.23. The molecule has 2 aromatic rings. The van der Waals surface area contributed by atoms with Crippen molar-refractivity contribution in [1.29, 1.82) is 5.26 Å². The fraction of sp³-hybridized carbons (Fsp3) is 0.278. The molecule has 2 rings (SSSR count). The van der Waals surface area contributed by atoms with Crippen LogP contribution in [0.15, 0.2) is 35.2 Å². The van der Waals surface area contributed by atoms with Gasteiger partial charge < -0.3 is 10.6 Å². The minimum Gasteiger partial charge on any atom is -0.326 e. The monoisotopic (exact) mass is 420 g/mol. The molecule has 28 heavy (non-hydrogen) atoms. The third-order valence-corrected chi connectivity index (χ3v) is 6.77. The number of nitrogens with zero attached hydrogens (tertiary/aromatic N) is 2. The number of nitriles is 1. The fourth-order valence-electron chi connectivity index (χ4n) is 2.34. The molecule has 0 aliphatic rings. The number of hydrogen-bond acceptors (Lipinski definition) is 6. The van der Waals surface area contributed by atoms with Gasteiger partial charge in [0.1, 0.15) is 11.1 Å².